The van der Waals surface area contributed by atoms with Crippen molar-refractivity contribution in [1.29, 1.82) is 0 Å². The van der Waals surface area contributed by atoms with Crippen LogP contribution in [0.1, 0.15) is 29.8 Å². The number of nitrogens with zero attached hydrogens (tertiary/aromatic N) is 2. The zero-order valence-corrected chi connectivity index (χ0v) is 17.1. The summed E-state index contributed by atoms with van der Waals surface area (Å²) in [5.74, 6) is -0.294. The van der Waals surface area contributed by atoms with Gasteiger partial charge in [0.1, 0.15) is 0 Å². The lowest BCUT2D eigenvalue weighted by Crippen LogP contribution is -2.47. The second-order valence-corrected chi connectivity index (χ2v) is 6.90. The minimum Gasteiger partial charge on any atom is -0.353 e. The first-order valence-corrected chi connectivity index (χ1v) is 9.90. The van der Waals surface area contributed by atoms with Crippen molar-refractivity contribution in [1.82, 2.24) is 15.1 Å². The standard InChI is InChI=1S/C23H31N3O2/c1-4-26(5-2)21(16-19-12-8-6-9-13-19)17-24-22(27)18-25(3)23(28)20-14-10-7-11-15-20/h6-15,21H,4-5,16-18H2,1-3H3,(H,24,27). The summed E-state index contributed by atoms with van der Waals surface area (Å²) in [5, 5.41) is 3.01. The molecule has 0 fully saturated rings. The third kappa shape index (κ3) is 6.50. The number of amides is 2. The summed E-state index contributed by atoms with van der Waals surface area (Å²) in [4.78, 5) is 28.6. The number of nitrogens with one attached hydrogen (secondary N) is 1. The molecule has 0 heterocycles. The number of benzene rings is 2. The van der Waals surface area contributed by atoms with E-state index >= 15 is 0 Å². The molecule has 0 aliphatic rings. The molecule has 0 aliphatic carbocycles. The minimum atomic E-state index is -0.152. The van der Waals surface area contributed by atoms with Crippen LogP contribution in [0.25, 0.3) is 0 Å². The third-order valence-electron chi connectivity index (χ3n) is 4.93. The highest BCUT2D eigenvalue weighted by molar-refractivity contribution is 5.96. The predicted octanol–water partition coefficient (Wildman–Crippen LogP) is 2.83. The lowest BCUT2D eigenvalue weighted by molar-refractivity contribution is -0.121. The maximum absolute atomic E-state index is 12.4. The van der Waals surface area contributed by atoms with Gasteiger partial charge in [-0.2, -0.15) is 0 Å². The molecule has 2 amide bonds. The summed E-state index contributed by atoms with van der Waals surface area (Å²) in [6.07, 6.45) is 0.877. The van der Waals surface area contributed by atoms with Crippen LogP contribution in [-0.4, -0.2) is 60.9 Å². The van der Waals surface area contributed by atoms with Crippen LogP contribution in [0.4, 0.5) is 0 Å². The predicted molar refractivity (Wildman–Crippen MR) is 113 cm³/mol. The quantitative estimate of drug-likeness (QED) is 0.689. The molecule has 2 rings (SSSR count). The van der Waals surface area contributed by atoms with Crippen molar-refractivity contribution in [3.8, 4) is 0 Å². The van der Waals surface area contributed by atoms with Gasteiger partial charge in [-0.3, -0.25) is 14.5 Å². The zero-order valence-electron chi connectivity index (χ0n) is 17.1. The largest absolute Gasteiger partial charge is 0.353 e. The Balaban J connectivity index is 1.92. The van der Waals surface area contributed by atoms with E-state index in [1.807, 2.05) is 36.4 Å². The molecule has 0 saturated heterocycles. The second kappa shape index (κ2) is 11.2. The third-order valence-corrected chi connectivity index (χ3v) is 4.93. The van der Waals surface area contributed by atoms with Crippen molar-refractivity contribution >= 4 is 11.8 Å². The lowest BCUT2D eigenvalue weighted by atomic mass is 10.0. The molecule has 150 valence electrons. The molecule has 0 aromatic heterocycles. The van der Waals surface area contributed by atoms with Crippen molar-refractivity contribution in [3.05, 3.63) is 71.8 Å². The summed E-state index contributed by atoms with van der Waals surface area (Å²) in [6.45, 7) is 6.73. The van der Waals surface area contributed by atoms with Gasteiger partial charge in [-0.1, -0.05) is 62.4 Å². The van der Waals surface area contributed by atoms with Gasteiger partial charge in [-0.25, -0.2) is 0 Å². The first-order chi connectivity index (χ1) is 13.5. The topological polar surface area (TPSA) is 52.7 Å². The van der Waals surface area contributed by atoms with Gasteiger partial charge in [-0.05, 0) is 37.2 Å². The van der Waals surface area contributed by atoms with Gasteiger partial charge < -0.3 is 10.2 Å². The van der Waals surface area contributed by atoms with Crippen molar-refractivity contribution in [2.24, 2.45) is 0 Å². The van der Waals surface area contributed by atoms with Gasteiger partial charge in [-0.15, -0.1) is 0 Å². The molecule has 1 atom stereocenters. The smallest absolute Gasteiger partial charge is 0.254 e. The average Bonchev–Trinajstić information content (AvgIpc) is 2.73. The van der Waals surface area contributed by atoms with E-state index < -0.39 is 0 Å². The van der Waals surface area contributed by atoms with E-state index in [2.05, 4.69) is 36.2 Å². The van der Waals surface area contributed by atoms with Crippen LogP contribution >= 0.6 is 0 Å². The van der Waals surface area contributed by atoms with Crippen LogP contribution in [0.15, 0.2) is 60.7 Å². The van der Waals surface area contributed by atoms with E-state index in [4.69, 9.17) is 0 Å². The van der Waals surface area contributed by atoms with Gasteiger partial charge in [0, 0.05) is 25.2 Å². The van der Waals surface area contributed by atoms with Gasteiger partial charge in [0.15, 0.2) is 0 Å². The Labute approximate surface area is 168 Å². The molecule has 0 bridgehead atoms. The number of hydrogen-bond donors (Lipinski definition) is 1. The maximum Gasteiger partial charge on any atom is 0.254 e. The van der Waals surface area contributed by atoms with E-state index in [1.54, 1.807) is 19.2 Å². The van der Waals surface area contributed by atoms with Gasteiger partial charge in [0.2, 0.25) is 5.91 Å². The highest BCUT2D eigenvalue weighted by atomic mass is 16.2. The monoisotopic (exact) mass is 381 g/mol. The summed E-state index contributed by atoms with van der Waals surface area (Å²) >= 11 is 0. The Morgan fingerprint density at radius 2 is 1.50 bits per heavy atom. The molecule has 2 aromatic carbocycles. The number of carbonyl (C=O) groups is 2. The minimum absolute atomic E-state index is 0.0457. The van der Waals surface area contributed by atoms with Crippen LogP contribution < -0.4 is 5.32 Å². The normalized spacial score (nSPS) is 11.9. The summed E-state index contributed by atoms with van der Waals surface area (Å²) in [7, 11) is 1.65. The van der Waals surface area contributed by atoms with E-state index in [9.17, 15) is 9.59 Å². The van der Waals surface area contributed by atoms with Crippen molar-refractivity contribution in [2.45, 2.75) is 26.3 Å². The van der Waals surface area contributed by atoms with Crippen molar-refractivity contribution in [3.63, 3.8) is 0 Å². The number of carbonyl (C=O) groups excluding carboxylic acids is 2. The highest BCUT2D eigenvalue weighted by Crippen LogP contribution is 2.09. The lowest BCUT2D eigenvalue weighted by Gasteiger charge is -2.30. The van der Waals surface area contributed by atoms with E-state index in [-0.39, 0.29) is 24.4 Å². The fourth-order valence-corrected chi connectivity index (χ4v) is 3.33. The number of likely N-dealkylation sites (N-methyl/N-ethyl adjacent to an activating group) is 2. The fraction of sp³-hybridized carbons (Fsp3) is 0.391. The number of hydrogen-bond acceptors (Lipinski definition) is 3. The van der Waals surface area contributed by atoms with E-state index in [1.165, 1.54) is 10.5 Å². The molecule has 0 spiro atoms. The van der Waals surface area contributed by atoms with Gasteiger partial charge in [0.25, 0.3) is 5.91 Å². The Morgan fingerprint density at radius 3 is 2.07 bits per heavy atom. The summed E-state index contributed by atoms with van der Waals surface area (Å²) in [5.41, 5.74) is 1.84. The molecule has 1 unspecified atom stereocenters. The molecule has 0 radical (unpaired) electrons. The Bertz CT molecular complexity index is 730. The van der Waals surface area contributed by atoms with Crippen LogP contribution in [0.2, 0.25) is 0 Å². The van der Waals surface area contributed by atoms with Crippen LogP contribution in [0.5, 0.6) is 0 Å². The molecular formula is C23H31N3O2. The summed E-state index contributed by atoms with van der Waals surface area (Å²) < 4.78 is 0. The van der Waals surface area contributed by atoms with Gasteiger partial charge in [0.05, 0.1) is 6.54 Å². The van der Waals surface area contributed by atoms with E-state index in [0.717, 1.165) is 19.5 Å². The molecule has 28 heavy (non-hydrogen) atoms. The van der Waals surface area contributed by atoms with Crippen molar-refractivity contribution < 1.29 is 9.59 Å². The molecular weight excluding hydrogens is 350 g/mol. The molecule has 1 N–H and O–H groups in total. The van der Waals surface area contributed by atoms with Crippen LogP contribution in [0, 0.1) is 0 Å². The van der Waals surface area contributed by atoms with Crippen molar-refractivity contribution in [2.75, 3.05) is 33.2 Å². The van der Waals surface area contributed by atoms with Crippen LogP contribution in [-0.2, 0) is 11.2 Å². The Kier molecular flexibility index (Phi) is 8.69. The van der Waals surface area contributed by atoms with Gasteiger partial charge >= 0.3 is 0 Å². The first kappa shape index (κ1) is 21.6. The van der Waals surface area contributed by atoms with E-state index in [0.29, 0.717) is 12.1 Å². The highest BCUT2D eigenvalue weighted by Gasteiger charge is 2.19. The Morgan fingerprint density at radius 1 is 0.929 bits per heavy atom. The average molecular weight is 382 g/mol. The summed E-state index contributed by atoms with van der Waals surface area (Å²) in [6, 6.07) is 19.6. The number of rotatable bonds is 10. The first-order valence-electron chi connectivity index (χ1n) is 9.90. The molecule has 0 aliphatic heterocycles. The second-order valence-electron chi connectivity index (χ2n) is 6.90. The molecule has 2 aromatic rings. The fourth-order valence-electron chi connectivity index (χ4n) is 3.33. The molecule has 5 nitrogen and oxygen atoms in total. The SMILES string of the molecule is CCN(CC)C(CNC(=O)CN(C)C(=O)c1ccccc1)Cc1ccccc1. The maximum atomic E-state index is 12.4. The molecule has 5 heteroatoms. The zero-order chi connectivity index (χ0) is 20.4. The Hall–Kier alpha value is -2.66. The molecule has 0 saturated carbocycles. The van der Waals surface area contributed by atoms with Crippen LogP contribution in [0.3, 0.4) is 0 Å².